The number of aromatic amines is 1. The summed E-state index contributed by atoms with van der Waals surface area (Å²) in [6.45, 7) is 3.99. The molecule has 0 saturated heterocycles. The van der Waals surface area contributed by atoms with Gasteiger partial charge in [-0.15, -0.1) is 0 Å². The lowest BCUT2D eigenvalue weighted by Crippen LogP contribution is -1.96. The maximum atomic E-state index is 10.9. The maximum absolute atomic E-state index is 10.9. The van der Waals surface area contributed by atoms with Crippen LogP contribution < -0.4 is 5.73 Å². The Bertz CT molecular complexity index is 637. The van der Waals surface area contributed by atoms with Gasteiger partial charge in [-0.25, -0.2) is 0 Å². The number of nitrogens with one attached hydrogen (secondary N) is 1. The maximum Gasteiger partial charge on any atom is 0.271 e. The van der Waals surface area contributed by atoms with Crippen molar-refractivity contribution in [3.8, 4) is 11.3 Å². The van der Waals surface area contributed by atoms with Gasteiger partial charge in [0.2, 0.25) is 0 Å². The van der Waals surface area contributed by atoms with E-state index in [4.69, 9.17) is 5.73 Å². The van der Waals surface area contributed by atoms with E-state index in [0.717, 1.165) is 11.3 Å². The van der Waals surface area contributed by atoms with Gasteiger partial charge in [-0.2, -0.15) is 5.10 Å². The molecule has 0 aliphatic rings. The molecule has 0 aliphatic heterocycles. The summed E-state index contributed by atoms with van der Waals surface area (Å²) in [4.78, 5) is 10.5. The zero-order valence-electron chi connectivity index (χ0n) is 10.5. The molecule has 7 heteroatoms. The topological polar surface area (TPSA) is 97.8 Å². The fourth-order valence-corrected chi connectivity index (χ4v) is 2.47. The summed E-state index contributed by atoms with van der Waals surface area (Å²) in [6.07, 6.45) is 0. The quantitative estimate of drug-likeness (QED) is 0.667. The highest BCUT2D eigenvalue weighted by Crippen LogP contribution is 2.34. The van der Waals surface area contributed by atoms with E-state index in [1.165, 1.54) is 12.1 Å². The lowest BCUT2D eigenvalue weighted by molar-refractivity contribution is -0.384. The van der Waals surface area contributed by atoms with Crippen LogP contribution in [0.3, 0.4) is 0 Å². The fourth-order valence-electron chi connectivity index (χ4n) is 1.99. The van der Waals surface area contributed by atoms with Crippen molar-refractivity contribution in [1.82, 2.24) is 10.2 Å². The third-order valence-corrected chi connectivity index (χ3v) is 3.25. The van der Waals surface area contributed by atoms with Crippen LogP contribution in [0.5, 0.6) is 0 Å². The van der Waals surface area contributed by atoms with Crippen LogP contribution in [0.1, 0.15) is 25.3 Å². The summed E-state index contributed by atoms with van der Waals surface area (Å²) < 4.78 is 0.638. The van der Waals surface area contributed by atoms with Crippen molar-refractivity contribution in [2.75, 3.05) is 5.73 Å². The van der Waals surface area contributed by atoms with Gasteiger partial charge in [-0.05, 0) is 12.0 Å². The summed E-state index contributed by atoms with van der Waals surface area (Å²) in [6, 6.07) is 4.76. The molecule has 2 rings (SSSR count). The minimum Gasteiger partial charge on any atom is -0.382 e. The number of halogens is 1. The molecule has 0 saturated carbocycles. The second kappa shape index (κ2) is 5.00. The van der Waals surface area contributed by atoms with Crippen molar-refractivity contribution in [2.24, 2.45) is 0 Å². The Kier molecular flexibility index (Phi) is 3.57. The molecule has 1 aromatic heterocycles. The number of nitrogen functional groups attached to an aromatic ring is 1. The van der Waals surface area contributed by atoms with Crippen molar-refractivity contribution in [1.29, 1.82) is 0 Å². The second-order valence-electron chi connectivity index (χ2n) is 4.51. The SMILES string of the molecule is CC(C)c1c(N)n[nH]c1-c1cc(Br)cc([N+](=O)[O-])c1. The average Bonchev–Trinajstić information content (AvgIpc) is 2.70. The number of non-ortho nitro benzene ring substituents is 1. The van der Waals surface area contributed by atoms with Crippen LogP contribution in [-0.4, -0.2) is 15.1 Å². The molecule has 1 heterocycles. The van der Waals surface area contributed by atoms with Crippen LogP contribution in [0.2, 0.25) is 0 Å². The van der Waals surface area contributed by atoms with E-state index in [1.807, 2.05) is 13.8 Å². The van der Waals surface area contributed by atoms with Crippen molar-refractivity contribution >= 4 is 27.4 Å². The summed E-state index contributed by atoms with van der Waals surface area (Å²) in [5.74, 6) is 0.597. The smallest absolute Gasteiger partial charge is 0.271 e. The van der Waals surface area contributed by atoms with E-state index in [0.29, 0.717) is 15.9 Å². The van der Waals surface area contributed by atoms with Crippen LogP contribution in [0.15, 0.2) is 22.7 Å². The zero-order chi connectivity index (χ0) is 14.2. The first-order valence-electron chi connectivity index (χ1n) is 5.69. The first-order valence-corrected chi connectivity index (χ1v) is 6.48. The van der Waals surface area contributed by atoms with Crippen molar-refractivity contribution in [3.63, 3.8) is 0 Å². The van der Waals surface area contributed by atoms with Gasteiger partial charge in [0.05, 0.1) is 10.6 Å². The standard InChI is InChI=1S/C12H13BrN4O2/c1-6(2)10-11(15-16-12(10)14)7-3-8(13)5-9(4-7)17(18)19/h3-6H,1-2H3,(H3,14,15,16). The zero-order valence-corrected chi connectivity index (χ0v) is 12.1. The van der Waals surface area contributed by atoms with Crippen molar-refractivity contribution in [3.05, 3.63) is 38.3 Å². The molecule has 19 heavy (non-hydrogen) atoms. The number of hydrogen-bond donors (Lipinski definition) is 2. The number of aromatic nitrogens is 2. The lowest BCUT2D eigenvalue weighted by Gasteiger charge is -2.08. The normalized spacial score (nSPS) is 10.9. The van der Waals surface area contributed by atoms with E-state index < -0.39 is 4.92 Å². The Morgan fingerprint density at radius 2 is 2.11 bits per heavy atom. The molecule has 6 nitrogen and oxygen atoms in total. The van der Waals surface area contributed by atoms with E-state index >= 15 is 0 Å². The third-order valence-electron chi connectivity index (χ3n) is 2.79. The van der Waals surface area contributed by atoms with Gasteiger partial charge in [0.25, 0.3) is 5.69 Å². The Morgan fingerprint density at radius 1 is 1.42 bits per heavy atom. The van der Waals surface area contributed by atoms with Crippen molar-refractivity contribution in [2.45, 2.75) is 19.8 Å². The van der Waals surface area contributed by atoms with Gasteiger partial charge >= 0.3 is 0 Å². The number of H-pyrrole nitrogens is 1. The molecule has 0 atom stereocenters. The average molecular weight is 325 g/mol. The molecule has 1 aromatic carbocycles. The number of nitrogens with zero attached hydrogens (tertiary/aromatic N) is 2. The van der Waals surface area contributed by atoms with Gasteiger partial charge in [0, 0.05) is 27.7 Å². The molecule has 0 fully saturated rings. The number of benzene rings is 1. The largest absolute Gasteiger partial charge is 0.382 e. The van der Waals surface area contributed by atoms with Crippen LogP contribution >= 0.6 is 15.9 Å². The number of rotatable bonds is 3. The molecule has 0 spiro atoms. The molecule has 2 aromatic rings. The van der Waals surface area contributed by atoms with E-state index in [2.05, 4.69) is 26.1 Å². The Balaban J connectivity index is 2.62. The van der Waals surface area contributed by atoms with Crippen LogP contribution in [-0.2, 0) is 0 Å². The van der Waals surface area contributed by atoms with E-state index in [9.17, 15) is 10.1 Å². The Labute approximate surface area is 118 Å². The third kappa shape index (κ3) is 2.60. The minimum atomic E-state index is -0.428. The fraction of sp³-hybridized carbons (Fsp3) is 0.250. The highest BCUT2D eigenvalue weighted by Gasteiger charge is 2.18. The molecule has 0 unspecified atom stereocenters. The van der Waals surface area contributed by atoms with Gasteiger partial charge in [0.1, 0.15) is 5.82 Å². The monoisotopic (exact) mass is 324 g/mol. The van der Waals surface area contributed by atoms with Crippen molar-refractivity contribution < 1.29 is 4.92 Å². The second-order valence-corrected chi connectivity index (χ2v) is 5.42. The molecule has 0 radical (unpaired) electrons. The van der Waals surface area contributed by atoms with E-state index in [1.54, 1.807) is 6.07 Å². The number of anilines is 1. The molecule has 100 valence electrons. The highest BCUT2D eigenvalue weighted by molar-refractivity contribution is 9.10. The molecular weight excluding hydrogens is 312 g/mol. The molecule has 0 bridgehead atoms. The summed E-state index contributed by atoms with van der Waals surface area (Å²) >= 11 is 3.28. The van der Waals surface area contributed by atoms with Gasteiger partial charge in [0.15, 0.2) is 0 Å². The first kappa shape index (κ1) is 13.5. The van der Waals surface area contributed by atoms with Crippen LogP contribution in [0, 0.1) is 10.1 Å². The molecule has 0 aliphatic carbocycles. The minimum absolute atomic E-state index is 0.0206. The number of hydrogen-bond acceptors (Lipinski definition) is 4. The lowest BCUT2D eigenvalue weighted by atomic mass is 9.98. The van der Waals surface area contributed by atoms with Gasteiger partial charge in [-0.3, -0.25) is 15.2 Å². The van der Waals surface area contributed by atoms with Crippen LogP contribution in [0.25, 0.3) is 11.3 Å². The number of nitro benzene ring substituents is 1. The summed E-state index contributed by atoms with van der Waals surface area (Å²) in [5, 5.41) is 17.7. The summed E-state index contributed by atoms with van der Waals surface area (Å²) in [5.41, 5.74) is 8.12. The van der Waals surface area contributed by atoms with Gasteiger partial charge < -0.3 is 5.73 Å². The molecule has 0 amide bonds. The predicted molar refractivity (Wildman–Crippen MR) is 76.9 cm³/mol. The summed E-state index contributed by atoms with van der Waals surface area (Å²) in [7, 11) is 0. The van der Waals surface area contributed by atoms with Crippen LogP contribution in [0.4, 0.5) is 11.5 Å². The van der Waals surface area contributed by atoms with E-state index in [-0.39, 0.29) is 11.6 Å². The highest BCUT2D eigenvalue weighted by atomic mass is 79.9. The first-order chi connectivity index (χ1) is 8.90. The predicted octanol–water partition coefficient (Wildman–Crippen LogP) is 3.45. The molecule has 3 N–H and O–H groups in total. The number of nitrogens with two attached hydrogens (primary N) is 1. The molecular formula is C12H13BrN4O2. The number of nitro groups is 1. The Hall–Kier alpha value is -1.89. The van der Waals surface area contributed by atoms with Gasteiger partial charge in [-0.1, -0.05) is 29.8 Å². The Morgan fingerprint density at radius 3 is 2.68 bits per heavy atom.